The molecule has 0 spiro atoms. The van der Waals surface area contributed by atoms with E-state index in [1.165, 1.54) is 6.07 Å². The van der Waals surface area contributed by atoms with Gasteiger partial charge in [-0.15, -0.1) is 0 Å². The van der Waals surface area contributed by atoms with Gasteiger partial charge in [-0.25, -0.2) is 8.42 Å². The minimum absolute atomic E-state index is 0.241. The zero-order valence-corrected chi connectivity index (χ0v) is 14.8. The van der Waals surface area contributed by atoms with Gasteiger partial charge in [0.2, 0.25) is 9.84 Å². The van der Waals surface area contributed by atoms with E-state index in [0.717, 1.165) is 44.4 Å². The Morgan fingerprint density at radius 1 is 1.23 bits per heavy atom. The fraction of sp³-hybridized carbons (Fsp3) is 0.625. The molecule has 3 rings (SSSR count). The molecule has 26 heavy (non-hydrogen) atoms. The predicted molar refractivity (Wildman–Crippen MR) is 90.2 cm³/mol. The van der Waals surface area contributed by atoms with Gasteiger partial charge in [0.1, 0.15) is 5.69 Å². The van der Waals surface area contributed by atoms with Crippen LogP contribution < -0.4 is 4.90 Å². The summed E-state index contributed by atoms with van der Waals surface area (Å²) in [6.45, 7) is 1.93. The fourth-order valence-corrected chi connectivity index (χ4v) is 4.42. The Balaban J connectivity index is 1.81. The van der Waals surface area contributed by atoms with Crippen LogP contribution in [0.15, 0.2) is 23.1 Å². The molecule has 0 radical (unpaired) electrons. The summed E-state index contributed by atoms with van der Waals surface area (Å²) in [5.41, 5.74) is -0.212. The van der Waals surface area contributed by atoms with Crippen molar-refractivity contribution in [3.8, 4) is 0 Å². The van der Waals surface area contributed by atoms with E-state index in [-0.39, 0.29) is 11.8 Å². The van der Waals surface area contributed by atoms with Crippen LogP contribution in [-0.4, -0.2) is 44.9 Å². The van der Waals surface area contributed by atoms with E-state index in [1.807, 2.05) is 4.90 Å². The van der Waals surface area contributed by atoms with Crippen LogP contribution in [-0.2, 0) is 14.6 Å². The minimum Gasteiger partial charge on any atom is -0.378 e. The van der Waals surface area contributed by atoms with Gasteiger partial charge >= 0.3 is 5.76 Å². The zero-order chi connectivity index (χ0) is 18.9. The molecule has 10 heteroatoms. The average molecular weight is 390 g/mol. The van der Waals surface area contributed by atoms with Gasteiger partial charge in [-0.05, 0) is 43.7 Å². The van der Waals surface area contributed by atoms with E-state index in [0.29, 0.717) is 19.0 Å². The lowest BCUT2D eigenvalue weighted by atomic mass is 9.89. The third-order valence-electron chi connectivity index (χ3n) is 5.08. The first-order valence-corrected chi connectivity index (χ1v) is 10.0. The second-order valence-corrected chi connectivity index (χ2v) is 8.51. The average Bonchev–Trinajstić information content (AvgIpc) is 3.16. The Morgan fingerprint density at radius 3 is 2.46 bits per heavy atom. The molecule has 0 bridgehead atoms. The number of rotatable bonds is 5. The van der Waals surface area contributed by atoms with Crippen LogP contribution in [0.5, 0.6) is 0 Å². The van der Waals surface area contributed by atoms with Gasteiger partial charge in [0.15, 0.2) is 0 Å². The number of sulfone groups is 1. The van der Waals surface area contributed by atoms with E-state index in [9.17, 15) is 27.3 Å². The van der Waals surface area contributed by atoms with Gasteiger partial charge in [0, 0.05) is 25.8 Å². The molecule has 2 saturated heterocycles. The third kappa shape index (κ3) is 3.66. The summed E-state index contributed by atoms with van der Waals surface area (Å²) in [6.07, 6.45) is 3.96. The molecule has 0 amide bonds. The van der Waals surface area contributed by atoms with Crippen molar-refractivity contribution < 1.29 is 26.9 Å². The molecule has 0 saturated carbocycles. The normalized spacial score (nSPS) is 22.1. The van der Waals surface area contributed by atoms with Gasteiger partial charge in [0.05, 0.1) is 15.9 Å². The standard InChI is InChI=1S/C16H20F2N2O5S/c17-16(18)26(23,24)12-3-4-13(14(10-12)20(21)22)19-7-5-11(6-8-19)15-2-1-9-25-15/h3-4,10-11,15-16H,1-2,5-9H2. The molecular weight excluding hydrogens is 370 g/mol. The summed E-state index contributed by atoms with van der Waals surface area (Å²) < 4.78 is 54.3. The highest BCUT2D eigenvalue weighted by molar-refractivity contribution is 7.91. The molecule has 0 N–H and O–H groups in total. The summed E-state index contributed by atoms with van der Waals surface area (Å²) in [7, 11) is -4.87. The second-order valence-electron chi connectivity index (χ2n) is 6.59. The summed E-state index contributed by atoms with van der Waals surface area (Å²) >= 11 is 0. The molecule has 0 aliphatic carbocycles. The van der Waals surface area contributed by atoms with Crippen LogP contribution in [0.1, 0.15) is 25.7 Å². The molecule has 2 heterocycles. The highest BCUT2D eigenvalue weighted by atomic mass is 32.2. The van der Waals surface area contributed by atoms with Crippen molar-refractivity contribution in [2.45, 2.75) is 42.4 Å². The Bertz CT molecular complexity index is 773. The molecule has 7 nitrogen and oxygen atoms in total. The highest BCUT2D eigenvalue weighted by Gasteiger charge is 2.33. The summed E-state index contributed by atoms with van der Waals surface area (Å²) in [4.78, 5) is 11.7. The maximum Gasteiger partial charge on any atom is 0.341 e. The van der Waals surface area contributed by atoms with Crippen molar-refractivity contribution in [3.63, 3.8) is 0 Å². The summed E-state index contributed by atoms with van der Waals surface area (Å²) in [5.74, 6) is -3.21. The maximum atomic E-state index is 12.7. The molecule has 2 aliphatic heterocycles. The number of alkyl halides is 2. The number of nitro groups is 1. The lowest BCUT2D eigenvalue weighted by Crippen LogP contribution is -2.38. The van der Waals surface area contributed by atoms with Crippen LogP contribution >= 0.6 is 0 Å². The van der Waals surface area contributed by atoms with Gasteiger partial charge in [-0.2, -0.15) is 8.78 Å². The molecule has 0 aromatic heterocycles. The van der Waals surface area contributed by atoms with Crippen molar-refractivity contribution in [1.82, 2.24) is 0 Å². The third-order valence-corrected chi connectivity index (χ3v) is 6.46. The Hall–Kier alpha value is -1.81. The van der Waals surface area contributed by atoms with Crippen LogP contribution in [0, 0.1) is 16.0 Å². The quantitative estimate of drug-likeness (QED) is 0.567. The van der Waals surface area contributed by atoms with Crippen molar-refractivity contribution >= 4 is 21.2 Å². The van der Waals surface area contributed by atoms with Gasteiger partial charge in [0.25, 0.3) is 5.69 Å². The highest BCUT2D eigenvalue weighted by Crippen LogP contribution is 2.36. The number of hydrogen-bond donors (Lipinski definition) is 0. The number of halogens is 2. The van der Waals surface area contributed by atoms with Crippen molar-refractivity contribution in [2.75, 3.05) is 24.6 Å². The van der Waals surface area contributed by atoms with E-state index >= 15 is 0 Å². The lowest BCUT2D eigenvalue weighted by molar-refractivity contribution is -0.384. The first-order valence-electron chi connectivity index (χ1n) is 8.47. The van der Waals surface area contributed by atoms with E-state index in [4.69, 9.17) is 4.74 Å². The number of piperidine rings is 1. The Morgan fingerprint density at radius 2 is 1.92 bits per heavy atom. The smallest absolute Gasteiger partial charge is 0.341 e. The molecule has 2 aliphatic rings. The van der Waals surface area contributed by atoms with Gasteiger partial charge in [-0.1, -0.05) is 0 Å². The summed E-state index contributed by atoms with van der Waals surface area (Å²) in [5, 5.41) is 11.4. The van der Waals surface area contributed by atoms with Gasteiger partial charge in [-0.3, -0.25) is 10.1 Å². The summed E-state index contributed by atoms with van der Waals surface area (Å²) in [6, 6.07) is 2.98. The topological polar surface area (TPSA) is 89.8 Å². The monoisotopic (exact) mass is 390 g/mol. The molecule has 144 valence electrons. The van der Waals surface area contributed by atoms with Crippen molar-refractivity contribution in [1.29, 1.82) is 0 Å². The number of nitro benzene ring substituents is 1. The molecule has 2 fully saturated rings. The predicted octanol–water partition coefficient (Wildman–Crippen LogP) is 2.99. The molecule has 1 aromatic carbocycles. The second kappa shape index (κ2) is 7.43. The van der Waals surface area contributed by atoms with Crippen molar-refractivity contribution in [2.24, 2.45) is 5.92 Å². The lowest BCUT2D eigenvalue weighted by Gasteiger charge is -2.35. The molecule has 1 atom stereocenters. The number of anilines is 1. The van der Waals surface area contributed by atoms with Crippen LogP contribution in [0.3, 0.4) is 0 Å². The fourth-order valence-electron chi connectivity index (χ4n) is 3.68. The van der Waals surface area contributed by atoms with Gasteiger partial charge < -0.3 is 9.64 Å². The Kier molecular flexibility index (Phi) is 5.42. The number of hydrogen-bond acceptors (Lipinski definition) is 6. The zero-order valence-electron chi connectivity index (χ0n) is 14.0. The molecular formula is C16H20F2N2O5S. The number of nitrogens with zero attached hydrogens (tertiary/aromatic N) is 2. The first-order chi connectivity index (χ1) is 12.3. The van der Waals surface area contributed by atoms with E-state index < -0.39 is 31.1 Å². The van der Waals surface area contributed by atoms with Crippen molar-refractivity contribution in [3.05, 3.63) is 28.3 Å². The Labute approximate surface area is 150 Å². The SMILES string of the molecule is O=[N+]([O-])c1cc(S(=O)(=O)C(F)F)ccc1N1CCC(C2CCCO2)CC1. The van der Waals surface area contributed by atoms with Crippen LogP contribution in [0.2, 0.25) is 0 Å². The van der Waals surface area contributed by atoms with Crippen LogP contribution in [0.25, 0.3) is 0 Å². The van der Waals surface area contributed by atoms with Crippen LogP contribution in [0.4, 0.5) is 20.2 Å². The minimum atomic E-state index is -4.87. The molecule has 1 aromatic rings. The largest absolute Gasteiger partial charge is 0.378 e. The van der Waals surface area contributed by atoms with E-state index in [1.54, 1.807) is 0 Å². The maximum absolute atomic E-state index is 12.7. The molecule has 1 unspecified atom stereocenters. The first kappa shape index (κ1) is 19.0. The van der Waals surface area contributed by atoms with E-state index in [2.05, 4.69) is 0 Å². The number of benzene rings is 1. The number of ether oxygens (including phenoxy) is 1.